The maximum Gasteiger partial charge on any atom is 0.272 e. The molecule has 1 amide bonds. The third-order valence-electron chi connectivity index (χ3n) is 3.68. The highest BCUT2D eigenvalue weighted by Crippen LogP contribution is 2.23. The average Bonchev–Trinajstić information content (AvgIpc) is 3.14. The molecule has 128 valence electrons. The first-order valence-corrected chi connectivity index (χ1v) is 8.95. The van der Waals surface area contributed by atoms with E-state index < -0.39 is 0 Å². The molecule has 0 atom stereocenters. The number of hydrogen-bond donors (Lipinski definition) is 1. The predicted molar refractivity (Wildman–Crippen MR) is 107 cm³/mol. The van der Waals surface area contributed by atoms with Crippen LogP contribution in [0.5, 0.6) is 0 Å². The maximum atomic E-state index is 12.4. The van der Waals surface area contributed by atoms with Crippen molar-refractivity contribution in [3.8, 4) is 5.69 Å². The number of halogens is 2. The average molecular weight is 468 g/mol. The van der Waals surface area contributed by atoms with Gasteiger partial charge in [-0.3, -0.25) is 4.79 Å². The Labute approximate surface area is 163 Å². The van der Waals surface area contributed by atoms with Gasteiger partial charge in [0.1, 0.15) is 5.76 Å². The Kier molecular flexibility index (Phi) is 5.29. The van der Waals surface area contributed by atoms with Crippen LogP contribution >= 0.6 is 34.2 Å². The van der Waals surface area contributed by atoms with Crippen LogP contribution in [0.4, 0.5) is 0 Å². The summed E-state index contributed by atoms with van der Waals surface area (Å²) in [5.74, 6) is 0.176. The molecule has 2 heterocycles. The van der Waals surface area contributed by atoms with Gasteiger partial charge in [0.25, 0.3) is 5.91 Å². The Morgan fingerprint density at radius 2 is 1.92 bits per heavy atom. The molecule has 0 spiro atoms. The van der Waals surface area contributed by atoms with Gasteiger partial charge in [-0.2, -0.15) is 5.10 Å². The molecule has 0 fully saturated rings. The molecule has 0 aliphatic carbocycles. The van der Waals surface area contributed by atoms with Crippen molar-refractivity contribution in [2.24, 2.45) is 5.10 Å². The van der Waals surface area contributed by atoms with Gasteiger partial charge < -0.3 is 8.98 Å². The van der Waals surface area contributed by atoms with Crippen molar-refractivity contribution in [3.05, 3.63) is 74.0 Å². The summed E-state index contributed by atoms with van der Waals surface area (Å²) in [4.78, 5) is 12.4. The molecule has 0 saturated heterocycles. The number of amides is 1. The largest absolute Gasteiger partial charge is 0.449 e. The number of hydrogen-bond acceptors (Lipinski definition) is 3. The lowest BCUT2D eigenvalue weighted by atomic mass is 10.2. The smallest absolute Gasteiger partial charge is 0.272 e. The number of rotatable bonds is 4. The molecule has 25 heavy (non-hydrogen) atoms. The summed E-state index contributed by atoms with van der Waals surface area (Å²) in [6.07, 6.45) is 1.44. The van der Waals surface area contributed by atoms with E-state index in [1.54, 1.807) is 18.2 Å². The molecule has 7 heteroatoms. The third kappa shape index (κ3) is 3.96. The van der Waals surface area contributed by atoms with Crippen molar-refractivity contribution in [3.63, 3.8) is 0 Å². The second-order valence-corrected chi connectivity index (χ2v) is 6.93. The van der Waals surface area contributed by atoms with Gasteiger partial charge in [0, 0.05) is 17.1 Å². The van der Waals surface area contributed by atoms with E-state index in [1.807, 2.05) is 38.1 Å². The van der Waals surface area contributed by atoms with Gasteiger partial charge in [0.05, 0.1) is 16.8 Å². The highest BCUT2D eigenvalue weighted by molar-refractivity contribution is 14.1. The van der Waals surface area contributed by atoms with Crippen LogP contribution in [0.2, 0.25) is 5.02 Å². The maximum absolute atomic E-state index is 12.4. The van der Waals surface area contributed by atoms with Gasteiger partial charge in [-0.1, -0.05) is 11.6 Å². The van der Waals surface area contributed by atoms with Crippen molar-refractivity contribution in [2.45, 2.75) is 13.8 Å². The number of furan rings is 1. The van der Waals surface area contributed by atoms with Crippen molar-refractivity contribution in [2.75, 3.05) is 0 Å². The normalized spacial score (nSPS) is 11.2. The number of nitrogens with zero attached hydrogens (tertiary/aromatic N) is 2. The predicted octanol–water partition coefficient (Wildman–Crippen LogP) is 4.71. The van der Waals surface area contributed by atoms with E-state index in [2.05, 4.69) is 37.7 Å². The van der Waals surface area contributed by atoms with Crippen molar-refractivity contribution >= 4 is 46.3 Å². The molecule has 0 aliphatic heterocycles. The van der Waals surface area contributed by atoms with E-state index in [9.17, 15) is 4.79 Å². The molecule has 0 radical (unpaired) electrons. The SMILES string of the molecule is Cc1ccc(C)n1-c1ccc(Cl)c(C(=O)NN=Cc2ccc(I)o2)c1. The summed E-state index contributed by atoms with van der Waals surface area (Å²) in [5, 5.41) is 4.28. The van der Waals surface area contributed by atoms with Crippen LogP contribution in [0, 0.1) is 17.6 Å². The van der Waals surface area contributed by atoms with E-state index in [0.29, 0.717) is 16.3 Å². The Hall–Kier alpha value is -2.06. The lowest BCUT2D eigenvalue weighted by Gasteiger charge is -2.11. The summed E-state index contributed by atoms with van der Waals surface area (Å²) in [6.45, 7) is 4.02. The fourth-order valence-corrected chi connectivity index (χ4v) is 3.15. The Balaban J connectivity index is 1.83. The second-order valence-electron chi connectivity index (χ2n) is 5.46. The highest BCUT2D eigenvalue weighted by atomic mass is 127. The fourth-order valence-electron chi connectivity index (χ4n) is 2.51. The van der Waals surface area contributed by atoms with Crippen molar-refractivity contribution in [1.82, 2.24) is 9.99 Å². The number of carbonyl (C=O) groups excluding carboxylic acids is 1. The number of aryl methyl sites for hydroxylation is 2. The van der Waals surface area contributed by atoms with Crippen LogP contribution in [0.3, 0.4) is 0 Å². The standard InChI is InChI=1S/C18H15ClIN3O2/c1-11-3-4-12(2)23(11)13-5-7-16(19)15(9-13)18(24)22-21-10-14-6-8-17(20)25-14/h3-10H,1-2H3,(H,22,24). The van der Waals surface area contributed by atoms with Crippen LogP contribution in [0.1, 0.15) is 27.5 Å². The van der Waals surface area contributed by atoms with Crippen molar-refractivity contribution < 1.29 is 9.21 Å². The minimum atomic E-state index is -0.383. The van der Waals surface area contributed by atoms with Gasteiger partial charge in [0.15, 0.2) is 3.77 Å². The molecular weight excluding hydrogens is 453 g/mol. The lowest BCUT2D eigenvalue weighted by Crippen LogP contribution is -2.18. The Bertz CT molecular complexity index is 940. The molecule has 3 aromatic rings. The molecule has 2 aromatic heterocycles. The van der Waals surface area contributed by atoms with E-state index in [4.69, 9.17) is 16.0 Å². The Morgan fingerprint density at radius 3 is 2.56 bits per heavy atom. The zero-order valence-electron chi connectivity index (χ0n) is 13.6. The molecule has 5 nitrogen and oxygen atoms in total. The van der Waals surface area contributed by atoms with Gasteiger partial charge in [-0.15, -0.1) is 0 Å². The van der Waals surface area contributed by atoms with Gasteiger partial charge in [0.2, 0.25) is 0 Å². The molecule has 3 rings (SSSR count). The molecule has 0 bridgehead atoms. The van der Waals surface area contributed by atoms with Crippen LogP contribution in [0.25, 0.3) is 5.69 Å². The number of aromatic nitrogens is 1. The first-order chi connectivity index (χ1) is 12.0. The number of hydrazone groups is 1. The Morgan fingerprint density at radius 1 is 1.20 bits per heavy atom. The summed E-state index contributed by atoms with van der Waals surface area (Å²) in [5.41, 5.74) is 5.87. The quantitative estimate of drug-likeness (QED) is 0.343. The molecule has 0 aliphatic rings. The summed E-state index contributed by atoms with van der Waals surface area (Å²) < 4.78 is 8.15. The number of carbonyl (C=O) groups is 1. The first kappa shape index (κ1) is 17.8. The molecular formula is C18H15ClIN3O2. The van der Waals surface area contributed by atoms with Crippen molar-refractivity contribution in [1.29, 1.82) is 0 Å². The summed E-state index contributed by atoms with van der Waals surface area (Å²) in [7, 11) is 0. The number of nitrogens with one attached hydrogen (secondary N) is 1. The fraction of sp³-hybridized carbons (Fsp3) is 0.111. The van der Waals surface area contributed by atoms with E-state index in [1.165, 1.54) is 6.21 Å². The topological polar surface area (TPSA) is 59.5 Å². The van der Waals surface area contributed by atoms with Gasteiger partial charge in [-0.05, 0) is 78.9 Å². The minimum absolute atomic E-state index is 0.359. The lowest BCUT2D eigenvalue weighted by molar-refractivity contribution is 0.0955. The summed E-state index contributed by atoms with van der Waals surface area (Å²) >= 11 is 8.25. The molecule has 1 N–H and O–H groups in total. The second kappa shape index (κ2) is 7.45. The monoisotopic (exact) mass is 467 g/mol. The van der Waals surface area contributed by atoms with E-state index in [0.717, 1.165) is 20.8 Å². The minimum Gasteiger partial charge on any atom is -0.449 e. The van der Waals surface area contributed by atoms with Crippen LogP contribution in [0.15, 0.2) is 52.0 Å². The molecule has 1 aromatic carbocycles. The zero-order valence-corrected chi connectivity index (χ0v) is 16.5. The number of benzene rings is 1. The molecule has 0 saturated carbocycles. The van der Waals surface area contributed by atoms with Crippen LogP contribution in [-0.4, -0.2) is 16.7 Å². The highest BCUT2D eigenvalue weighted by Gasteiger charge is 2.13. The van der Waals surface area contributed by atoms with E-state index >= 15 is 0 Å². The summed E-state index contributed by atoms with van der Waals surface area (Å²) in [6, 6.07) is 13.0. The van der Waals surface area contributed by atoms with Gasteiger partial charge >= 0.3 is 0 Å². The van der Waals surface area contributed by atoms with E-state index in [-0.39, 0.29) is 5.91 Å². The zero-order chi connectivity index (χ0) is 18.0. The van der Waals surface area contributed by atoms with Gasteiger partial charge in [-0.25, -0.2) is 5.43 Å². The van der Waals surface area contributed by atoms with Crippen LogP contribution < -0.4 is 5.43 Å². The van der Waals surface area contributed by atoms with Crippen LogP contribution in [-0.2, 0) is 0 Å². The third-order valence-corrected chi connectivity index (χ3v) is 4.59. The first-order valence-electron chi connectivity index (χ1n) is 7.49. The molecule has 0 unspecified atom stereocenters.